The van der Waals surface area contributed by atoms with Gasteiger partial charge >= 0.3 is 0 Å². The van der Waals surface area contributed by atoms with Gasteiger partial charge in [0.1, 0.15) is 0 Å². The molecule has 5 heteroatoms. The van der Waals surface area contributed by atoms with Crippen molar-refractivity contribution in [1.29, 1.82) is 0 Å². The Kier molecular flexibility index (Phi) is 3.27. The summed E-state index contributed by atoms with van der Waals surface area (Å²) in [4.78, 5) is 17.3. The first kappa shape index (κ1) is 15.1. The number of pyridine rings is 1. The predicted molar refractivity (Wildman–Crippen MR) is 94.5 cm³/mol. The molecule has 6 rings (SSSR count). The zero-order valence-electron chi connectivity index (χ0n) is 14.6. The molecule has 4 bridgehead atoms. The van der Waals surface area contributed by atoms with Crippen LogP contribution < -0.4 is 5.32 Å². The van der Waals surface area contributed by atoms with E-state index in [4.69, 9.17) is 0 Å². The number of carbonyl (C=O) groups is 1. The van der Waals surface area contributed by atoms with Gasteiger partial charge in [-0.1, -0.05) is 6.07 Å². The van der Waals surface area contributed by atoms with Crippen LogP contribution in [0.5, 0.6) is 0 Å². The van der Waals surface area contributed by atoms with E-state index in [9.17, 15) is 4.79 Å². The van der Waals surface area contributed by atoms with Crippen LogP contribution in [0.1, 0.15) is 54.6 Å². The van der Waals surface area contributed by atoms with Gasteiger partial charge in [-0.2, -0.15) is 5.10 Å². The van der Waals surface area contributed by atoms with Crippen LogP contribution in [0.2, 0.25) is 0 Å². The summed E-state index contributed by atoms with van der Waals surface area (Å²) in [7, 11) is 0. The zero-order chi connectivity index (χ0) is 17.0. The molecule has 4 saturated carbocycles. The molecule has 25 heavy (non-hydrogen) atoms. The smallest absolute Gasteiger partial charge is 0.255 e. The van der Waals surface area contributed by atoms with Gasteiger partial charge in [-0.05, 0) is 75.3 Å². The molecule has 0 aliphatic heterocycles. The Morgan fingerprint density at radius 3 is 2.44 bits per heavy atom. The van der Waals surface area contributed by atoms with Gasteiger partial charge in [0.2, 0.25) is 0 Å². The second kappa shape index (κ2) is 5.41. The maximum absolute atomic E-state index is 13.0. The summed E-state index contributed by atoms with van der Waals surface area (Å²) in [6.07, 6.45) is 11.1. The lowest BCUT2D eigenvalue weighted by Gasteiger charge is -2.56. The molecule has 2 aromatic rings. The Hall–Kier alpha value is -2.17. The van der Waals surface area contributed by atoms with Crippen molar-refractivity contribution in [2.45, 2.75) is 51.0 Å². The van der Waals surface area contributed by atoms with Crippen molar-refractivity contribution >= 4 is 5.91 Å². The number of hydrogen-bond acceptors (Lipinski definition) is 3. The van der Waals surface area contributed by atoms with E-state index in [1.807, 2.05) is 25.1 Å². The molecule has 130 valence electrons. The first-order valence-electron chi connectivity index (χ1n) is 9.40. The van der Waals surface area contributed by atoms with Crippen molar-refractivity contribution < 1.29 is 4.79 Å². The lowest BCUT2D eigenvalue weighted by molar-refractivity contribution is -0.0167. The molecule has 0 radical (unpaired) electrons. The Morgan fingerprint density at radius 2 is 1.84 bits per heavy atom. The third-order valence-corrected chi connectivity index (χ3v) is 6.54. The number of nitrogens with one attached hydrogen (secondary N) is 1. The molecule has 4 aliphatic rings. The SMILES string of the molecule is Cc1c(C(=O)NC23CC4CC(CC(C4)C2)C3)cnn1-c1ccccn1. The van der Waals surface area contributed by atoms with Gasteiger partial charge in [-0.15, -0.1) is 0 Å². The second-order valence-electron chi connectivity index (χ2n) is 8.40. The molecule has 4 aliphatic carbocycles. The quantitative estimate of drug-likeness (QED) is 0.936. The van der Waals surface area contributed by atoms with E-state index in [-0.39, 0.29) is 11.4 Å². The third kappa shape index (κ3) is 2.48. The van der Waals surface area contributed by atoms with E-state index in [0.29, 0.717) is 5.56 Å². The summed E-state index contributed by atoms with van der Waals surface area (Å²) >= 11 is 0. The van der Waals surface area contributed by atoms with Gasteiger partial charge in [0.05, 0.1) is 17.5 Å². The van der Waals surface area contributed by atoms with Crippen LogP contribution in [0, 0.1) is 24.7 Å². The summed E-state index contributed by atoms with van der Waals surface area (Å²) < 4.78 is 1.74. The molecule has 1 amide bonds. The van der Waals surface area contributed by atoms with Crippen molar-refractivity contribution in [2.75, 3.05) is 0 Å². The highest BCUT2D eigenvalue weighted by molar-refractivity contribution is 5.95. The average molecular weight is 336 g/mol. The molecule has 2 heterocycles. The van der Waals surface area contributed by atoms with E-state index in [1.54, 1.807) is 17.1 Å². The van der Waals surface area contributed by atoms with Crippen LogP contribution in [0.15, 0.2) is 30.6 Å². The molecule has 5 nitrogen and oxygen atoms in total. The number of carbonyl (C=O) groups excluding carboxylic acids is 1. The minimum Gasteiger partial charge on any atom is -0.346 e. The van der Waals surface area contributed by atoms with E-state index >= 15 is 0 Å². The minimum atomic E-state index is 0.0293. The van der Waals surface area contributed by atoms with Crippen molar-refractivity contribution in [3.63, 3.8) is 0 Å². The zero-order valence-corrected chi connectivity index (χ0v) is 14.6. The highest BCUT2D eigenvalue weighted by Crippen LogP contribution is 2.55. The van der Waals surface area contributed by atoms with Crippen LogP contribution in [-0.4, -0.2) is 26.2 Å². The topological polar surface area (TPSA) is 59.8 Å². The molecule has 0 unspecified atom stereocenters. The molecular formula is C20H24N4O. The maximum atomic E-state index is 13.0. The molecular weight excluding hydrogens is 312 g/mol. The second-order valence-corrected chi connectivity index (χ2v) is 8.40. The standard InChI is InChI=1S/C20H24N4O/c1-13-17(12-22-24(13)18-4-2-3-5-21-18)19(25)23-20-9-14-6-15(10-20)8-16(7-14)11-20/h2-5,12,14-16H,6-11H2,1H3,(H,23,25). The van der Waals surface area contributed by atoms with Crippen molar-refractivity contribution in [3.8, 4) is 5.82 Å². The van der Waals surface area contributed by atoms with E-state index in [2.05, 4.69) is 15.4 Å². The van der Waals surface area contributed by atoms with Crippen molar-refractivity contribution in [1.82, 2.24) is 20.1 Å². The normalized spacial score (nSPS) is 32.8. The highest BCUT2D eigenvalue weighted by Gasteiger charge is 2.51. The van der Waals surface area contributed by atoms with Crippen LogP contribution in [0.25, 0.3) is 5.82 Å². The van der Waals surface area contributed by atoms with Gasteiger partial charge in [-0.3, -0.25) is 4.79 Å². The maximum Gasteiger partial charge on any atom is 0.255 e. The number of aromatic nitrogens is 3. The van der Waals surface area contributed by atoms with E-state index < -0.39 is 0 Å². The number of nitrogens with zero attached hydrogens (tertiary/aromatic N) is 3. The van der Waals surface area contributed by atoms with E-state index in [1.165, 1.54) is 38.5 Å². The highest BCUT2D eigenvalue weighted by atomic mass is 16.1. The molecule has 4 fully saturated rings. The fourth-order valence-corrected chi connectivity index (χ4v) is 5.91. The summed E-state index contributed by atoms with van der Waals surface area (Å²) in [6.45, 7) is 1.94. The molecule has 0 aromatic carbocycles. The van der Waals surface area contributed by atoms with Crippen LogP contribution >= 0.6 is 0 Å². The van der Waals surface area contributed by atoms with Gasteiger partial charge in [0, 0.05) is 11.7 Å². The number of rotatable bonds is 3. The molecule has 0 atom stereocenters. The van der Waals surface area contributed by atoms with Crippen LogP contribution in [0.4, 0.5) is 0 Å². The van der Waals surface area contributed by atoms with Crippen molar-refractivity contribution in [2.24, 2.45) is 17.8 Å². The lowest BCUT2D eigenvalue weighted by Crippen LogP contribution is -2.59. The first-order valence-corrected chi connectivity index (χ1v) is 9.40. The minimum absolute atomic E-state index is 0.0293. The molecule has 0 saturated heterocycles. The lowest BCUT2D eigenvalue weighted by atomic mass is 9.53. The Morgan fingerprint density at radius 1 is 1.16 bits per heavy atom. The van der Waals surface area contributed by atoms with Gasteiger partial charge in [0.25, 0.3) is 5.91 Å². The fraction of sp³-hybridized carbons (Fsp3) is 0.550. The largest absolute Gasteiger partial charge is 0.346 e. The summed E-state index contributed by atoms with van der Waals surface area (Å²) in [6, 6.07) is 5.71. The Labute approximate surface area is 147 Å². The Bertz CT molecular complexity index is 775. The molecule has 1 N–H and O–H groups in total. The first-order chi connectivity index (χ1) is 12.1. The summed E-state index contributed by atoms with van der Waals surface area (Å²) in [5.74, 6) is 3.24. The van der Waals surface area contributed by atoms with Crippen molar-refractivity contribution in [3.05, 3.63) is 41.9 Å². The van der Waals surface area contributed by atoms with Gasteiger partial charge in [-0.25, -0.2) is 9.67 Å². The average Bonchev–Trinajstić information content (AvgIpc) is 2.95. The van der Waals surface area contributed by atoms with E-state index in [0.717, 1.165) is 29.3 Å². The number of hydrogen-bond donors (Lipinski definition) is 1. The van der Waals surface area contributed by atoms with Crippen LogP contribution in [0.3, 0.4) is 0 Å². The third-order valence-electron chi connectivity index (χ3n) is 6.54. The Balaban J connectivity index is 1.40. The van der Waals surface area contributed by atoms with Gasteiger partial charge in [0.15, 0.2) is 5.82 Å². The molecule has 2 aromatic heterocycles. The van der Waals surface area contributed by atoms with Crippen LogP contribution in [-0.2, 0) is 0 Å². The van der Waals surface area contributed by atoms with Gasteiger partial charge < -0.3 is 5.32 Å². The summed E-state index contributed by atoms with van der Waals surface area (Å²) in [5.41, 5.74) is 1.55. The summed E-state index contributed by atoms with van der Waals surface area (Å²) in [5, 5.41) is 7.83. The molecule has 0 spiro atoms. The number of amides is 1. The fourth-order valence-electron chi connectivity index (χ4n) is 5.91. The monoisotopic (exact) mass is 336 g/mol. The predicted octanol–water partition coefficient (Wildman–Crippen LogP) is 3.27.